The van der Waals surface area contributed by atoms with Crippen LogP contribution in [0.5, 0.6) is 5.75 Å². The van der Waals surface area contributed by atoms with Crippen molar-refractivity contribution in [2.75, 3.05) is 19.5 Å². The molecule has 0 aliphatic rings. The third-order valence-corrected chi connectivity index (χ3v) is 5.16. The van der Waals surface area contributed by atoms with Crippen molar-refractivity contribution in [3.8, 4) is 16.9 Å². The van der Waals surface area contributed by atoms with E-state index < -0.39 is 5.97 Å². The summed E-state index contributed by atoms with van der Waals surface area (Å²) in [6.07, 6.45) is 0. The van der Waals surface area contributed by atoms with Gasteiger partial charge in [0.15, 0.2) is 0 Å². The van der Waals surface area contributed by atoms with Crippen LogP contribution in [0.2, 0.25) is 0 Å². The number of anilines is 1. The number of aryl methyl sites for hydroxylation is 1. The number of methoxy groups -OCH3 is 2. The molecule has 1 N–H and O–H groups in total. The van der Waals surface area contributed by atoms with Crippen LogP contribution in [0.25, 0.3) is 11.1 Å². The van der Waals surface area contributed by atoms with Gasteiger partial charge in [-0.25, -0.2) is 4.79 Å². The summed E-state index contributed by atoms with van der Waals surface area (Å²) in [4.78, 5) is 25.7. The number of carbonyl (C=O) groups excluding carboxylic acids is 2. The van der Waals surface area contributed by atoms with E-state index >= 15 is 0 Å². The van der Waals surface area contributed by atoms with E-state index in [-0.39, 0.29) is 5.91 Å². The lowest BCUT2D eigenvalue weighted by Crippen LogP contribution is -2.10. The van der Waals surface area contributed by atoms with Crippen LogP contribution >= 0.6 is 11.3 Å². The lowest BCUT2D eigenvalue weighted by molar-refractivity contribution is 0.0600. The largest absolute Gasteiger partial charge is 0.497 e. The summed E-state index contributed by atoms with van der Waals surface area (Å²) >= 11 is 1.44. The van der Waals surface area contributed by atoms with Gasteiger partial charge in [-0.3, -0.25) is 4.79 Å². The third kappa shape index (κ3) is 4.17. The van der Waals surface area contributed by atoms with Crippen molar-refractivity contribution in [2.24, 2.45) is 0 Å². The lowest BCUT2D eigenvalue weighted by Gasteiger charge is -2.05. The van der Waals surface area contributed by atoms with Crippen LogP contribution in [-0.4, -0.2) is 26.1 Å². The minimum Gasteiger partial charge on any atom is -0.497 e. The first-order valence-corrected chi connectivity index (χ1v) is 9.08. The number of amides is 1. The van der Waals surface area contributed by atoms with Crippen molar-refractivity contribution in [2.45, 2.75) is 6.92 Å². The second kappa shape index (κ2) is 8.05. The van der Waals surface area contributed by atoms with Crippen molar-refractivity contribution in [1.82, 2.24) is 0 Å². The zero-order chi connectivity index (χ0) is 19.4. The number of thiophene rings is 1. The number of rotatable bonds is 5. The number of hydrogen-bond donors (Lipinski definition) is 1. The maximum absolute atomic E-state index is 12.6. The van der Waals surface area contributed by atoms with E-state index in [0.717, 1.165) is 21.8 Å². The Morgan fingerprint density at radius 1 is 0.963 bits per heavy atom. The molecular weight excluding hydrogens is 362 g/mol. The molecule has 5 nitrogen and oxygen atoms in total. The first-order chi connectivity index (χ1) is 13.0. The number of ether oxygens (including phenoxy) is 2. The van der Waals surface area contributed by atoms with Gasteiger partial charge in [-0.2, -0.15) is 0 Å². The second-order valence-electron chi connectivity index (χ2n) is 5.83. The van der Waals surface area contributed by atoms with E-state index in [2.05, 4.69) is 10.1 Å². The molecule has 0 radical (unpaired) electrons. The summed E-state index contributed by atoms with van der Waals surface area (Å²) < 4.78 is 9.85. The van der Waals surface area contributed by atoms with Gasteiger partial charge >= 0.3 is 5.97 Å². The standard InChI is InChI=1S/C21H19NO4S/c1-13-18(14-6-10-17(25-2)11-7-14)12-19(27-13)20(23)22-16-8-4-15(5-9-16)21(24)26-3/h4-12H,1-3H3,(H,22,23). The molecule has 0 bridgehead atoms. The number of benzene rings is 2. The molecule has 6 heteroatoms. The quantitative estimate of drug-likeness (QED) is 0.647. The summed E-state index contributed by atoms with van der Waals surface area (Å²) in [7, 11) is 2.96. The first kappa shape index (κ1) is 18.7. The fraction of sp³-hybridized carbons (Fsp3) is 0.143. The van der Waals surface area contributed by atoms with Crippen LogP contribution < -0.4 is 10.1 Å². The maximum atomic E-state index is 12.6. The minimum absolute atomic E-state index is 0.186. The zero-order valence-electron chi connectivity index (χ0n) is 15.2. The van der Waals surface area contributed by atoms with Crippen molar-refractivity contribution in [3.63, 3.8) is 0 Å². The summed E-state index contributed by atoms with van der Waals surface area (Å²) in [6.45, 7) is 1.99. The van der Waals surface area contributed by atoms with E-state index in [1.54, 1.807) is 31.4 Å². The fourth-order valence-corrected chi connectivity index (χ4v) is 3.59. The molecule has 0 spiro atoms. The highest BCUT2D eigenvalue weighted by molar-refractivity contribution is 7.14. The Bertz CT molecular complexity index is 959. The number of hydrogen-bond acceptors (Lipinski definition) is 5. The van der Waals surface area contributed by atoms with Crippen LogP contribution in [-0.2, 0) is 4.74 Å². The molecule has 0 saturated heterocycles. The van der Waals surface area contributed by atoms with Gasteiger partial charge in [-0.15, -0.1) is 11.3 Å². The molecule has 0 aliphatic carbocycles. The van der Waals surface area contributed by atoms with E-state index in [0.29, 0.717) is 16.1 Å². The summed E-state index contributed by atoms with van der Waals surface area (Å²) in [5.74, 6) is 0.194. The predicted octanol–water partition coefficient (Wildman–Crippen LogP) is 4.77. The van der Waals surface area contributed by atoms with Gasteiger partial charge in [0.25, 0.3) is 5.91 Å². The molecular formula is C21H19NO4S. The third-order valence-electron chi connectivity index (χ3n) is 4.11. The van der Waals surface area contributed by atoms with Gasteiger partial charge in [0.1, 0.15) is 5.75 Å². The molecule has 0 saturated carbocycles. The summed E-state index contributed by atoms with van der Waals surface area (Å²) in [5, 5.41) is 2.85. The monoisotopic (exact) mass is 381 g/mol. The summed E-state index contributed by atoms with van der Waals surface area (Å²) in [5.41, 5.74) is 3.11. The smallest absolute Gasteiger partial charge is 0.337 e. The van der Waals surface area contributed by atoms with Crippen LogP contribution in [0.4, 0.5) is 5.69 Å². The summed E-state index contributed by atoms with van der Waals surface area (Å²) in [6, 6.07) is 16.2. The minimum atomic E-state index is -0.411. The molecule has 0 fully saturated rings. The van der Waals surface area contributed by atoms with Gasteiger partial charge in [0, 0.05) is 10.6 Å². The highest BCUT2D eigenvalue weighted by Crippen LogP contribution is 2.32. The van der Waals surface area contributed by atoms with E-state index in [1.807, 2.05) is 37.3 Å². The second-order valence-corrected chi connectivity index (χ2v) is 7.09. The van der Waals surface area contributed by atoms with Gasteiger partial charge in [0.05, 0.1) is 24.7 Å². The Labute approximate surface area is 161 Å². The van der Waals surface area contributed by atoms with E-state index in [9.17, 15) is 9.59 Å². The van der Waals surface area contributed by atoms with Crippen LogP contribution in [0, 0.1) is 6.92 Å². The molecule has 3 aromatic rings. The molecule has 2 aromatic carbocycles. The molecule has 3 rings (SSSR count). The topological polar surface area (TPSA) is 64.6 Å². The highest BCUT2D eigenvalue weighted by atomic mass is 32.1. The fourth-order valence-electron chi connectivity index (χ4n) is 2.65. The van der Waals surface area contributed by atoms with Gasteiger partial charge in [-0.1, -0.05) is 12.1 Å². The van der Waals surface area contributed by atoms with Gasteiger partial charge in [0.2, 0.25) is 0 Å². The van der Waals surface area contributed by atoms with E-state index in [1.165, 1.54) is 18.4 Å². The Morgan fingerprint density at radius 3 is 2.22 bits per heavy atom. The average Bonchev–Trinajstić information content (AvgIpc) is 3.10. The Balaban J connectivity index is 1.76. The Kier molecular flexibility index (Phi) is 5.57. The SMILES string of the molecule is COC(=O)c1ccc(NC(=O)c2cc(-c3ccc(OC)cc3)c(C)s2)cc1. The Morgan fingerprint density at radius 2 is 1.63 bits per heavy atom. The van der Waals surface area contributed by atoms with Crippen LogP contribution in [0.1, 0.15) is 24.9 Å². The van der Waals surface area contributed by atoms with Crippen molar-refractivity contribution >= 4 is 28.9 Å². The number of nitrogens with one attached hydrogen (secondary N) is 1. The molecule has 0 unspecified atom stereocenters. The van der Waals surface area contributed by atoms with Crippen LogP contribution in [0.3, 0.4) is 0 Å². The first-order valence-electron chi connectivity index (χ1n) is 8.26. The molecule has 138 valence electrons. The lowest BCUT2D eigenvalue weighted by atomic mass is 10.1. The van der Waals surface area contributed by atoms with Gasteiger partial charge in [-0.05, 0) is 60.5 Å². The molecule has 27 heavy (non-hydrogen) atoms. The molecule has 1 amide bonds. The molecule has 1 heterocycles. The normalized spacial score (nSPS) is 10.3. The van der Waals surface area contributed by atoms with Crippen molar-refractivity contribution in [1.29, 1.82) is 0 Å². The Hall–Kier alpha value is -3.12. The predicted molar refractivity (Wildman–Crippen MR) is 107 cm³/mol. The van der Waals surface area contributed by atoms with Crippen LogP contribution in [0.15, 0.2) is 54.6 Å². The average molecular weight is 381 g/mol. The molecule has 1 aromatic heterocycles. The number of esters is 1. The number of carbonyl (C=O) groups is 2. The van der Waals surface area contributed by atoms with Crippen molar-refractivity contribution < 1.29 is 19.1 Å². The van der Waals surface area contributed by atoms with Gasteiger partial charge < -0.3 is 14.8 Å². The molecule has 0 aliphatic heterocycles. The highest BCUT2D eigenvalue weighted by Gasteiger charge is 2.14. The zero-order valence-corrected chi connectivity index (χ0v) is 16.1. The molecule has 0 atom stereocenters. The maximum Gasteiger partial charge on any atom is 0.337 e. The van der Waals surface area contributed by atoms with E-state index in [4.69, 9.17) is 4.74 Å². The van der Waals surface area contributed by atoms with Crippen molar-refractivity contribution in [3.05, 3.63) is 69.9 Å².